The minimum atomic E-state index is 0.0162. The second-order valence-electron chi connectivity index (χ2n) is 7.80. The molecule has 6 heteroatoms. The molecule has 0 saturated carbocycles. The highest BCUT2D eigenvalue weighted by atomic mass is 79.9. The molecule has 2 unspecified atom stereocenters. The molecule has 2 aliphatic heterocycles. The highest BCUT2D eigenvalue weighted by Crippen LogP contribution is 2.23. The first-order chi connectivity index (χ1) is 12.4. The number of rotatable bonds is 3. The molecule has 2 heterocycles. The number of aryl methyl sites for hydroxylation is 1. The van der Waals surface area contributed by atoms with Crippen molar-refractivity contribution in [3.63, 3.8) is 0 Å². The molecule has 3 rings (SSSR count). The number of hydrogen-bond donors (Lipinski definition) is 1. The zero-order chi connectivity index (χ0) is 18.7. The lowest BCUT2D eigenvalue weighted by molar-refractivity contribution is -0.0728. The molecule has 2 aliphatic rings. The summed E-state index contributed by atoms with van der Waals surface area (Å²) < 4.78 is 6.85. The number of benzene rings is 1. The van der Waals surface area contributed by atoms with E-state index < -0.39 is 0 Å². The summed E-state index contributed by atoms with van der Waals surface area (Å²) in [4.78, 5) is 17.0. The Balaban J connectivity index is 1.46. The van der Waals surface area contributed by atoms with Gasteiger partial charge in [-0.1, -0.05) is 15.9 Å². The summed E-state index contributed by atoms with van der Waals surface area (Å²) in [5, 5.41) is 3.05. The summed E-state index contributed by atoms with van der Waals surface area (Å²) in [6.07, 6.45) is 2.79. The number of ether oxygens (including phenoxy) is 1. The molecule has 5 nitrogen and oxygen atoms in total. The average Bonchev–Trinajstić information content (AvgIpc) is 2.57. The van der Waals surface area contributed by atoms with Crippen LogP contribution in [0.25, 0.3) is 0 Å². The van der Waals surface area contributed by atoms with Crippen molar-refractivity contribution in [3.8, 4) is 0 Å². The number of nitrogens with one attached hydrogen (secondary N) is 1. The van der Waals surface area contributed by atoms with E-state index in [0.29, 0.717) is 18.1 Å². The van der Waals surface area contributed by atoms with E-state index in [1.807, 2.05) is 30.0 Å². The number of halogens is 1. The first-order valence-corrected chi connectivity index (χ1v) is 10.4. The maximum atomic E-state index is 12.6. The van der Waals surface area contributed by atoms with Crippen molar-refractivity contribution in [1.29, 1.82) is 0 Å². The second kappa shape index (κ2) is 8.72. The minimum absolute atomic E-state index is 0.0162. The Morgan fingerprint density at radius 3 is 2.50 bits per heavy atom. The Morgan fingerprint density at radius 2 is 1.88 bits per heavy atom. The van der Waals surface area contributed by atoms with Gasteiger partial charge in [0.2, 0.25) is 0 Å². The molecular formula is C20H30BrN3O2. The van der Waals surface area contributed by atoms with Crippen LogP contribution in [0.1, 0.15) is 32.3 Å². The van der Waals surface area contributed by atoms with Gasteiger partial charge in [-0.15, -0.1) is 0 Å². The van der Waals surface area contributed by atoms with E-state index in [1.54, 1.807) is 0 Å². The fourth-order valence-corrected chi connectivity index (χ4v) is 4.55. The van der Waals surface area contributed by atoms with Crippen molar-refractivity contribution < 1.29 is 9.53 Å². The molecule has 1 aromatic rings. The van der Waals surface area contributed by atoms with Crippen molar-refractivity contribution in [2.24, 2.45) is 5.92 Å². The van der Waals surface area contributed by atoms with Gasteiger partial charge in [0, 0.05) is 42.9 Å². The lowest BCUT2D eigenvalue weighted by atomic mass is 9.96. The molecule has 2 atom stereocenters. The van der Waals surface area contributed by atoms with E-state index in [4.69, 9.17) is 4.74 Å². The normalized spacial score (nSPS) is 25.3. The van der Waals surface area contributed by atoms with Crippen LogP contribution in [0.15, 0.2) is 22.7 Å². The van der Waals surface area contributed by atoms with Crippen LogP contribution >= 0.6 is 15.9 Å². The van der Waals surface area contributed by atoms with Crippen LogP contribution in [-0.4, -0.2) is 60.8 Å². The molecule has 0 bridgehead atoms. The first kappa shape index (κ1) is 19.6. The van der Waals surface area contributed by atoms with Gasteiger partial charge in [-0.05, 0) is 63.3 Å². The molecule has 0 aromatic heterocycles. The van der Waals surface area contributed by atoms with Crippen LogP contribution in [0, 0.1) is 12.8 Å². The van der Waals surface area contributed by atoms with Crippen molar-refractivity contribution >= 4 is 27.6 Å². The fraction of sp³-hybridized carbons (Fsp3) is 0.650. The molecular weight excluding hydrogens is 394 g/mol. The van der Waals surface area contributed by atoms with Crippen LogP contribution in [0.5, 0.6) is 0 Å². The van der Waals surface area contributed by atoms with Gasteiger partial charge in [-0.3, -0.25) is 4.90 Å². The molecule has 1 N–H and O–H groups in total. The highest BCUT2D eigenvalue weighted by molar-refractivity contribution is 9.10. The predicted molar refractivity (Wildman–Crippen MR) is 109 cm³/mol. The van der Waals surface area contributed by atoms with Gasteiger partial charge in [0.05, 0.1) is 12.2 Å². The third kappa shape index (κ3) is 5.21. The summed E-state index contributed by atoms with van der Waals surface area (Å²) in [5.41, 5.74) is 1.95. The van der Waals surface area contributed by atoms with E-state index in [0.717, 1.165) is 61.3 Å². The maximum Gasteiger partial charge on any atom is 0.321 e. The van der Waals surface area contributed by atoms with E-state index in [1.165, 1.54) is 0 Å². The SMILES string of the molecule is Cc1cc(Br)ccc1NC(=O)N1CCC(CN2CC(C)OC(C)C2)CC1. The Hall–Kier alpha value is -1.11. The minimum Gasteiger partial charge on any atom is -0.373 e. The molecule has 2 fully saturated rings. The topological polar surface area (TPSA) is 44.8 Å². The number of piperidine rings is 1. The third-order valence-electron chi connectivity index (χ3n) is 5.34. The van der Waals surface area contributed by atoms with Gasteiger partial charge < -0.3 is 15.0 Å². The van der Waals surface area contributed by atoms with Gasteiger partial charge in [-0.25, -0.2) is 4.79 Å². The standard InChI is InChI=1S/C20H30BrN3O2/c1-14-10-18(21)4-5-19(14)22-20(25)24-8-6-17(7-9-24)13-23-11-15(2)26-16(3)12-23/h4-5,10,15-17H,6-9,11-13H2,1-3H3,(H,22,25). The van der Waals surface area contributed by atoms with E-state index in [2.05, 4.69) is 40.0 Å². The van der Waals surface area contributed by atoms with E-state index >= 15 is 0 Å². The highest BCUT2D eigenvalue weighted by Gasteiger charge is 2.28. The zero-order valence-electron chi connectivity index (χ0n) is 16.0. The molecule has 2 saturated heterocycles. The first-order valence-electron chi connectivity index (χ1n) is 9.60. The maximum absolute atomic E-state index is 12.6. The molecule has 144 valence electrons. The van der Waals surface area contributed by atoms with E-state index in [-0.39, 0.29) is 6.03 Å². The monoisotopic (exact) mass is 423 g/mol. The lowest BCUT2D eigenvalue weighted by Crippen LogP contribution is -2.49. The Kier molecular flexibility index (Phi) is 6.59. The van der Waals surface area contributed by atoms with Gasteiger partial charge in [0.15, 0.2) is 0 Å². The average molecular weight is 424 g/mol. The summed E-state index contributed by atoms with van der Waals surface area (Å²) in [7, 11) is 0. The van der Waals surface area contributed by atoms with Gasteiger partial charge in [0.1, 0.15) is 0 Å². The van der Waals surface area contributed by atoms with Gasteiger partial charge in [0.25, 0.3) is 0 Å². The quantitative estimate of drug-likeness (QED) is 0.795. The van der Waals surface area contributed by atoms with Gasteiger partial charge >= 0.3 is 6.03 Å². The molecule has 2 amide bonds. The van der Waals surface area contributed by atoms with E-state index in [9.17, 15) is 4.79 Å². The number of morpholine rings is 1. The van der Waals surface area contributed by atoms with Gasteiger partial charge in [-0.2, -0.15) is 0 Å². The summed E-state index contributed by atoms with van der Waals surface area (Å²) >= 11 is 3.46. The van der Waals surface area contributed by atoms with Crippen molar-refractivity contribution in [3.05, 3.63) is 28.2 Å². The number of urea groups is 1. The van der Waals surface area contributed by atoms with Crippen molar-refractivity contribution in [2.45, 2.75) is 45.8 Å². The van der Waals surface area contributed by atoms with Crippen molar-refractivity contribution in [1.82, 2.24) is 9.80 Å². The number of likely N-dealkylation sites (tertiary alicyclic amines) is 1. The smallest absolute Gasteiger partial charge is 0.321 e. The Morgan fingerprint density at radius 1 is 1.23 bits per heavy atom. The van der Waals surface area contributed by atoms with Crippen molar-refractivity contribution in [2.75, 3.05) is 38.0 Å². The number of anilines is 1. The van der Waals surface area contributed by atoms with Crippen LogP contribution in [0.2, 0.25) is 0 Å². The van der Waals surface area contributed by atoms with Crippen LogP contribution < -0.4 is 5.32 Å². The van der Waals surface area contributed by atoms with Crippen LogP contribution in [0.3, 0.4) is 0 Å². The molecule has 26 heavy (non-hydrogen) atoms. The zero-order valence-corrected chi connectivity index (χ0v) is 17.6. The molecule has 0 radical (unpaired) electrons. The molecule has 0 aliphatic carbocycles. The summed E-state index contributed by atoms with van der Waals surface area (Å²) in [6, 6.07) is 5.94. The van der Waals surface area contributed by atoms with Crippen LogP contribution in [-0.2, 0) is 4.74 Å². The third-order valence-corrected chi connectivity index (χ3v) is 5.84. The largest absolute Gasteiger partial charge is 0.373 e. The Labute approximate surface area is 165 Å². The lowest BCUT2D eigenvalue weighted by Gasteiger charge is -2.39. The summed E-state index contributed by atoms with van der Waals surface area (Å²) in [5.74, 6) is 0.672. The summed E-state index contributed by atoms with van der Waals surface area (Å²) in [6.45, 7) is 11.2. The Bertz CT molecular complexity index is 621. The second-order valence-corrected chi connectivity index (χ2v) is 8.71. The fourth-order valence-electron chi connectivity index (χ4n) is 4.08. The number of carbonyl (C=O) groups excluding carboxylic acids is 1. The number of amides is 2. The number of carbonyl (C=O) groups is 1. The predicted octanol–water partition coefficient (Wildman–Crippen LogP) is 4.11. The number of hydrogen-bond acceptors (Lipinski definition) is 3. The molecule has 1 aromatic carbocycles. The molecule has 0 spiro atoms. The number of nitrogens with zero attached hydrogens (tertiary/aromatic N) is 2. The van der Waals surface area contributed by atoms with Crippen LogP contribution in [0.4, 0.5) is 10.5 Å².